The molecule has 0 aliphatic rings. The first-order valence-corrected chi connectivity index (χ1v) is 6.06. The second kappa shape index (κ2) is 6.41. The zero-order valence-electron chi connectivity index (χ0n) is 10.8. The third-order valence-electron chi connectivity index (χ3n) is 2.82. The van der Waals surface area contributed by atoms with Crippen LogP contribution in [0.1, 0.15) is 11.3 Å². The monoisotopic (exact) mass is 253 g/mol. The van der Waals surface area contributed by atoms with Gasteiger partial charge in [0.05, 0.1) is 12.8 Å². The van der Waals surface area contributed by atoms with Gasteiger partial charge in [0, 0.05) is 12.7 Å². The summed E-state index contributed by atoms with van der Waals surface area (Å²) in [6.07, 6.45) is 2.44. The number of pyridine rings is 1. The van der Waals surface area contributed by atoms with Gasteiger partial charge in [0.2, 0.25) is 0 Å². The van der Waals surface area contributed by atoms with Gasteiger partial charge >= 0.3 is 0 Å². The molecule has 0 saturated heterocycles. The van der Waals surface area contributed by atoms with Crippen LogP contribution in [0.4, 0.5) is 5.69 Å². The SMILES string of the molecule is COc1ccccc1CCNc1cccnc1C#N. The zero-order valence-corrected chi connectivity index (χ0v) is 10.8. The van der Waals surface area contributed by atoms with Crippen molar-refractivity contribution in [2.75, 3.05) is 19.0 Å². The summed E-state index contributed by atoms with van der Waals surface area (Å²) >= 11 is 0. The van der Waals surface area contributed by atoms with Crippen LogP contribution in [0.15, 0.2) is 42.6 Å². The Hall–Kier alpha value is -2.54. The summed E-state index contributed by atoms with van der Waals surface area (Å²) < 4.78 is 5.30. The van der Waals surface area contributed by atoms with Gasteiger partial charge in [-0.2, -0.15) is 5.26 Å². The molecule has 1 aromatic carbocycles. The average molecular weight is 253 g/mol. The molecule has 1 N–H and O–H groups in total. The maximum atomic E-state index is 8.94. The van der Waals surface area contributed by atoms with Crippen LogP contribution >= 0.6 is 0 Å². The molecule has 0 aliphatic carbocycles. The van der Waals surface area contributed by atoms with Crippen molar-refractivity contribution in [1.82, 2.24) is 4.98 Å². The van der Waals surface area contributed by atoms with E-state index in [9.17, 15) is 0 Å². The van der Waals surface area contributed by atoms with E-state index in [4.69, 9.17) is 10.00 Å². The van der Waals surface area contributed by atoms with Gasteiger partial charge in [0.15, 0.2) is 5.69 Å². The third-order valence-corrected chi connectivity index (χ3v) is 2.82. The van der Waals surface area contributed by atoms with Gasteiger partial charge in [0.1, 0.15) is 11.8 Å². The predicted octanol–water partition coefficient (Wildman–Crippen LogP) is 2.62. The molecule has 19 heavy (non-hydrogen) atoms. The highest BCUT2D eigenvalue weighted by atomic mass is 16.5. The number of rotatable bonds is 5. The highest BCUT2D eigenvalue weighted by Gasteiger charge is 2.03. The summed E-state index contributed by atoms with van der Waals surface area (Å²) in [6, 6.07) is 13.7. The van der Waals surface area contributed by atoms with Crippen molar-refractivity contribution < 1.29 is 4.74 Å². The van der Waals surface area contributed by atoms with Crippen molar-refractivity contribution in [3.8, 4) is 11.8 Å². The fourth-order valence-corrected chi connectivity index (χ4v) is 1.88. The molecule has 0 spiro atoms. The Morgan fingerprint density at radius 3 is 2.89 bits per heavy atom. The Labute approximate surface area is 112 Å². The molecular formula is C15H15N3O. The van der Waals surface area contributed by atoms with Gasteiger partial charge in [-0.25, -0.2) is 4.98 Å². The first kappa shape index (κ1) is 12.9. The number of methoxy groups -OCH3 is 1. The minimum atomic E-state index is 0.419. The Morgan fingerprint density at radius 2 is 2.11 bits per heavy atom. The lowest BCUT2D eigenvalue weighted by Gasteiger charge is -2.10. The summed E-state index contributed by atoms with van der Waals surface area (Å²) in [6.45, 7) is 0.723. The maximum absolute atomic E-state index is 8.94. The van der Waals surface area contributed by atoms with Crippen LogP contribution in [-0.4, -0.2) is 18.6 Å². The van der Waals surface area contributed by atoms with Crippen molar-refractivity contribution in [1.29, 1.82) is 5.26 Å². The molecule has 4 heteroatoms. The molecule has 4 nitrogen and oxygen atoms in total. The van der Waals surface area contributed by atoms with Crippen molar-refractivity contribution in [3.05, 3.63) is 53.9 Å². The molecule has 0 bridgehead atoms. The largest absolute Gasteiger partial charge is 0.496 e. The van der Waals surface area contributed by atoms with Gasteiger partial charge in [-0.05, 0) is 30.2 Å². The predicted molar refractivity (Wildman–Crippen MR) is 74.1 cm³/mol. The smallest absolute Gasteiger partial charge is 0.163 e. The lowest BCUT2D eigenvalue weighted by molar-refractivity contribution is 0.410. The third kappa shape index (κ3) is 3.23. The standard InChI is InChI=1S/C15H15N3O/c1-19-15-7-3-2-5-12(15)8-10-18-13-6-4-9-17-14(13)11-16/h2-7,9,18H,8,10H2,1H3. The Kier molecular flexibility index (Phi) is 4.35. The Bertz CT molecular complexity index is 590. The van der Waals surface area contributed by atoms with E-state index in [0.717, 1.165) is 30.0 Å². The van der Waals surface area contributed by atoms with E-state index >= 15 is 0 Å². The topological polar surface area (TPSA) is 57.9 Å². The molecular weight excluding hydrogens is 238 g/mol. The van der Waals surface area contributed by atoms with Crippen LogP contribution < -0.4 is 10.1 Å². The summed E-state index contributed by atoms with van der Waals surface area (Å²) in [5, 5.41) is 12.2. The van der Waals surface area contributed by atoms with E-state index < -0.39 is 0 Å². The molecule has 2 rings (SSSR count). The first-order chi connectivity index (χ1) is 9.35. The number of hydrogen-bond donors (Lipinski definition) is 1. The van der Waals surface area contributed by atoms with Crippen LogP contribution in [0.2, 0.25) is 0 Å². The van der Waals surface area contributed by atoms with Gasteiger partial charge in [-0.1, -0.05) is 18.2 Å². The Morgan fingerprint density at radius 1 is 1.26 bits per heavy atom. The fraction of sp³-hybridized carbons (Fsp3) is 0.200. The van der Waals surface area contributed by atoms with Crippen LogP contribution in [0.5, 0.6) is 5.75 Å². The second-order valence-electron chi connectivity index (χ2n) is 4.00. The van der Waals surface area contributed by atoms with Crippen molar-refractivity contribution in [2.24, 2.45) is 0 Å². The fourth-order valence-electron chi connectivity index (χ4n) is 1.88. The minimum Gasteiger partial charge on any atom is -0.496 e. The molecule has 1 aromatic heterocycles. The number of anilines is 1. The average Bonchev–Trinajstić information content (AvgIpc) is 2.48. The molecule has 0 saturated carbocycles. The minimum absolute atomic E-state index is 0.419. The number of aromatic nitrogens is 1. The van der Waals surface area contributed by atoms with Gasteiger partial charge < -0.3 is 10.1 Å². The summed E-state index contributed by atoms with van der Waals surface area (Å²) in [4.78, 5) is 4.01. The van der Waals surface area contributed by atoms with E-state index in [1.165, 1.54) is 0 Å². The number of benzene rings is 1. The van der Waals surface area contributed by atoms with E-state index in [-0.39, 0.29) is 0 Å². The zero-order chi connectivity index (χ0) is 13.5. The molecule has 0 aliphatic heterocycles. The van der Waals surface area contributed by atoms with Crippen molar-refractivity contribution in [3.63, 3.8) is 0 Å². The number of hydrogen-bond acceptors (Lipinski definition) is 4. The molecule has 0 fully saturated rings. The molecule has 0 amide bonds. The van der Waals surface area contributed by atoms with Crippen molar-refractivity contribution in [2.45, 2.75) is 6.42 Å². The van der Waals surface area contributed by atoms with E-state index in [0.29, 0.717) is 5.69 Å². The molecule has 0 radical (unpaired) electrons. The highest BCUT2D eigenvalue weighted by molar-refractivity contribution is 5.53. The number of nitrogens with one attached hydrogen (secondary N) is 1. The van der Waals surface area contributed by atoms with Gasteiger partial charge in [-0.15, -0.1) is 0 Å². The van der Waals surface area contributed by atoms with Crippen LogP contribution in [0.3, 0.4) is 0 Å². The molecule has 1 heterocycles. The molecule has 2 aromatic rings. The van der Waals surface area contributed by atoms with Crippen molar-refractivity contribution >= 4 is 5.69 Å². The first-order valence-electron chi connectivity index (χ1n) is 6.06. The molecule has 0 atom stereocenters. The van der Waals surface area contributed by atoms with Crippen LogP contribution in [0, 0.1) is 11.3 Å². The molecule has 96 valence electrons. The summed E-state index contributed by atoms with van der Waals surface area (Å²) in [5.74, 6) is 0.885. The molecule has 0 unspecified atom stereocenters. The number of nitrogens with zero attached hydrogens (tertiary/aromatic N) is 2. The van der Waals surface area contributed by atoms with E-state index in [2.05, 4.69) is 16.4 Å². The Balaban J connectivity index is 1.99. The number of para-hydroxylation sites is 1. The highest BCUT2D eigenvalue weighted by Crippen LogP contribution is 2.18. The van der Waals surface area contributed by atoms with Crippen LogP contribution in [-0.2, 0) is 6.42 Å². The number of nitriles is 1. The quantitative estimate of drug-likeness (QED) is 0.889. The van der Waals surface area contributed by atoms with E-state index in [1.54, 1.807) is 13.3 Å². The second-order valence-corrected chi connectivity index (χ2v) is 4.00. The summed E-state index contributed by atoms with van der Waals surface area (Å²) in [5.41, 5.74) is 2.32. The van der Waals surface area contributed by atoms with Crippen LogP contribution in [0.25, 0.3) is 0 Å². The summed E-state index contributed by atoms with van der Waals surface area (Å²) in [7, 11) is 1.67. The normalized spacial score (nSPS) is 9.68. The van der Waals surface area contributed by atoms with Gasteiger partial charge in [0.25, 0.3) is 0 Å². The number of ether oxygens (including phenoxy) is 1. The van der Waals surface area contributed by atoms with E-state index in [1.807, 2.05) is 36.4 Å². The lowest BCUT2D eigenvalue weighted by atomic mass is 10.1. The maximum Gasteiger partial charge on any atom is 0.163 e. The van der Waals surface area contributed by atoms with Gasteiger partial charge in [-0.3, -0.25) is 0 Å². The lowest BCUT2D eigenvalue weighted by Crippen LogP contribution is -2.07.